The van der Waals surface area contributed by atoms with Crippen molar-refractivity contribution < 1.29 is 17.9 Å². The highest BCUT2D eigenvalue weighted by molar-refractivity contribution is 7.15. The molecule has 0 aliphatic carbocycles. The molecule has 2 fully saturated rings. The first-order valence-corrected chi connectivity index (χ1v) is 9.38. The van der Waals surface area contributed by atoms with E-state index in [1.807, 2.05) is 11.0 Å². The minimum Gasteiger partial charge on any atom is -0.378 e. The van der Waals surface area contributed by atoms with Crippen LogP contribution < -0.4 is 14.7 Å². The van der Waals surface area contributed by atoms with Crippen molar-refractivity contribution in [3.63, 3.8) is 0 Å². The van der Waals surface area contributed by atoms with Gasteiger partial charge < -0.3 is 19.4 Å². The van der Waals surface area contributed by atoms with Gasteiger partial charge in [-0.15, -0.1) is 10.2 Å². The molecule has 0 aromatic carbocycles. The molecule has 146 valence electrons. The van der Waals surface area contributed by atoms with E-state index in [1.165, 1.54) is 0 Å². The normalized spacial score (nSPS) is 18.9. The third kappa shape index (κ3) is 4.05. The Labute approximate surface area is 157 Å². The molecule has 0 radical (unpaired) electrons. The van der Waals surface area contributed by atoms with Gasteiger partial charge in [-0.3, -0.25) is 0 Å². The molecule has 2 aliphatic rings. The van der Waals surface area contributed by atoms with Gasteiger partial charge in [0, 0.05) is 45.3 Å². The average molecular weight is 401 g/mol. The standard InChI is InChI=1S/C15H18F3N7OS/c16-15(17,18)13-21-22-14(27-13)25-3-1-23(2-4-25)11-9-12(20-10-19-11)24-5-7-26-8-6-24/h9-10H,1-8H2. The van der Waals surface area contributed by atoms with Crippen molar-refractivity contribution in [1.82, 2.24) is 20.2 Å². The zero-order chi connectivity index (χ0) is 18.9. The Bertz CT molecular complexity index is 773. The van der Waals surface area contributed by atoms with Crippen LogP contribution in [0.3, 0.4) is 0 Å². The Morgan fingerprint density at radius 1 is 0.852 bits per heavy atom. The summed E-state index contributed by atoms with van der Waals surface area (Å²) in [7, 11) is 0. The van der Waals surface area contributed by atoms with E-state index in [4.69, 9.17) is 4.74 Å². The van der Waals surface area contributed by atoms with Crippen LogP contribution >= 0.6 is 11.3 Å². The quantitative estimate of drug-likeness (QED) is 0.767. The summed E-state index contributed by atoms with van der Waals surface area (Å²) in [5.41, 5.74) is 0. The Hall–Kier alpha value is -2.21. The van der Waals surface area contributed by atoms with E-state index < -0.39 is 11.2 Å². The molecule has 27 heavy (non-hydrogen) atoms. The van der Waals surface area contributed by atoms with Crippen LogP contribution in [0.4, 0.5) is 29.9 Å². The van der Waals surface area contributed by atoms with Crippen LogP contribution in [-0.2, 0) is 10.9 Å². The molecule has 0 spiro atoms. The summed E-state index contributed by atoms with van der Waals surface area (Å²) in [5, 5.41) is 6.34. The lowest BCUT2D eigenvalue weighted by Gasteiger charge is -2.35. The number of nitrogens with zero attached hydrogens (tertiary/aromatic N) is 7. The number of morpholine rings is 1. The number of rotatable bonds is 3. The first-order chi connectivity index (χ1) is 13.0. The van der Waals surface area contributed by atoms with Crippen LogP contribution in [0.1, 0.15) is 5.01 Å². The molecule has 0 N–H and O–H groups in total. The topological polar surface area (TPSA) is 70.5 Å². The van der Waals surface area contributed by atoms with Crippen molar-refractivity contribution in [2.75, 3.05) is 67.2 Å². The van der Waals surface area contributed by atoms with Gasteiger partial charge in [0.2, 0.25) is 10.1 Å². The van der Waals surface area contributed by atoms with E-state index >= 15 is 0 Å². The molecule has 0 bridgehead atoms. The molecule has 4 rings (SSSR count). The van der Waals surface area contributed by atoms with Gasteiger partial charge in [-0.2, -0.15) is 13.2 Å². The summed E-state index contributed by atoms with van der Waals surface area (Å²) in [6, 6.07) is 1.95. The Morgan fingerprint density at radius 3 is 2.04 bits per heavy atom. The maximum atomic E-state index is 12.7. The smallest absolute Gasteiger partial charge is 0.378 e. The summed E-state index contributed by atoms with van der Waals surface area (Å²) in [6.07, 6.45) is -2.90. The molecule has 4 heterocycles. The summed E-state index contributed by atoms with van der Waals surface area (Å²) >= 11 is 0.581. The lowest BCUT2D eigenvalue weighted by atomic mass is 10.3. The zero-order valence-corrected chi connectivity index (χ0v) is 15.2. The van der Waals surface area contributed by atoms with Gasteiger partial charge in [0.05, 0.1) is 13.2 Å². The fourth-order valence-corrected chi connectivity index (χ4v) is 3.82. The number of hydrogen-bond acceptors (Lipinski definition) is 9. The van der Waals surface area contributed by atoms with E-state index in [0.29, 0.717) is 55.9 Å². The number of alkyl halides is 3. The van der Waals surface area contributed by atoms with Crippen LogP contribution in [0.15, 0.2) is 12.4 Å². The molecule has 2 aromatic heterocycles. The molecular weight excluding hydrogens is 383 g/mol. The molecule has 2 saturated heterocycles. The lowest BCUT2D eigenvalue weighted by molar-refractivity contribution is -0.138. The summed E-state index contributed by atoms with van der Waals surface area (Å²) in [4.78, 5) is 14.8. The predicted molar refractivity (Wildman–Crippen MR) is 94.4 cm³/mol. The maximum absolute atomic E-state index is 12.7. The van der Waals surface area contributed by atoms with E-state index in [9.17, 15) is 13.2 Å². The van der Waals surface area contributed by atoms with Crippen LogP contribution in [0.5, 0.6) is 0 Å². The molecule has 12 heteroatoms. The second-order valence-corrected chi connectivity index (χ2v) is 7.15. The van der Waals surface area contributed by atoms with Crippen molar-refractivity contribution >= 4 is 28.1 Å². The van der Waals surface area contributed by atoms with Gasteiger partial charge in [0.1, 0.15) is 18.0 Å². The van der Waals surface area contributed by atoms with Crippen molar-refractivity contribution in [3.05, 3.63) is 17.4 Å². The molecular formula is C15H18F3N7OS. The minimum atomic E-state index is -4.45. The molecule has 8 nitrogen and oxygen atoms in total. The number of aromatic nitrogens is 4. The highest BCUT2D eigenvalue weighted by Crippen LogP contribution is 2.34. The van der Waals surface area contributed by atoms with Crippen LogP contribution in [0.25, 0.3) is 0 Å². The summed E-state index contributed by atoms with van der Waals surface area (Å²) in [5.74, 6) is 1.68. The first-order valence-electron chi connectivity index (χ1n) is 8.56. The van der Waals surface area contributed by atoms with E-state index in [-0.39, 0.29) is 0 Å². The Kier molecular flexibility index (Phi) is 5.00. The second-order valence-electron chi connectivity index (χ2n) is 6.20. The molecule has 2 aliphatic heterocycles. The molecule has 0 amide bonds. The van der Waals surface area contributed by atoms with Crippen molar-refractivity contribution in [3.8, 4) is 0 Å². The van der Waals surface area contributed by atoms with Crippen molar-refractivity contribution in [2.24, 2.45) is 0 Å². The number of ether oxygens (including phenoxy) is 1. The van der Waals surface area contributed by atoms with Gasteiger partial charge >= 0.3 is 6.18 Å². The van der Waals surface area contributed by atoms with Gasteiger partial charge in [-0.1, -0.05) is 11.3 Å². The highest BCUT2D eigenvalue weighted by Gasteiger charge is 2.36. The molecule has 2 aromatic rings. The van der Waals surface area contributed by atoms with Crippen molar-refractivity contribution in [2.45, 2.75) is 6.18 Å². The number of piperazine rings is 1. The highest BCUT2D eigenvalue weighted by atomic mass is 32.1. The average Bonchev–Trinajstić information content (AvgIpc) is 3.20. The van der Waals surface area contributed by atoms with Crippen molar-refractivity contribution in [1.29, 1.82) is 0 Å². The predicted octanol–water partition coefficient (Wildman–Crippen LogP) is 1.51. The van der Waals surface area contributed by atoms with Crippen LogP contribution in [-0.4, -0.2) is 72.6 Å². The third-order valence-electron chi connectivity index (χ3n) is 4.50. The number of halogens is 3. The maximum Gasteiger partial charge on any atom is 0.445 e. The Balaban J connectivity index is 1.40. The molecule has 0 atom stereocenters. The van der Waals surface area contributed by atoms with Gasteiger partial charge in [-0.05, 0) is 0 Å². The molecule has 0 saturated carbocycles. The van der Waals surface area contributed by atoms with E-state index in [0.717, 1.165) is 24.7 Å². The number of anilines is 3. The van der Waals surface area contributed by atoms with E-state index in [2.05, 4.69) is 30.0 Å². The van der Waals surface area contributed by atoms with Crippen LogP contribution in [0, 0.1) is 0 Å². The second kappa shape index (κ2) is 7.43. The fraction of sp³-hybridized carbons (Fsp3) is 0.600. The zero-order valence-electron chi connectivity index (χ0n) is 14.4. The number of hydrogen-bond donors (Lipinski definition) is 0. The SMILES string of the molecule is FC(F)(F)c1nnc(N2CCN(c3cc(N4CCOCC4)ncn3)CC2)s1. The lowest BCUT2D eigenvalue weighted by Crippen LogP contribution is -2.47. The van der Waals surface area contributed by atoms with Crippen LogP contribution in [0.2, 0.25) is 0 Å². The van der Waals surface area contributed by atoms with E-state index in [1.54, 1.807) is 6.33 Å². The third-order valence-corrected chi connectivity index (χ3v) is 5.53. The first kappa shape index (κ1) is 18.2. The van der Waals surface area contributed by atoms with Gasteiger partial charge in [-0.25, -0.2) is 9.97 Å². The minimum absolute atomic E-state index is 0.304. The van der Waals surface area contributed by atoms with Gasteiger partial charge in [0.25, 0.3) is 0 Å². The fourth-order valence-electron chi connectivity index (χ4n) is 3.06. The summed E-state index contributed by atoms with van der Waals surface area (Å²) in [6.45, 7) is 5.35. The Morgan fingerprint density at radius 2 is 1.44 bits per heavy atom. The summed E-state index contributed by atoms with van der Waals surface area (Å²) < 4.78 is 43.5. The molecule has 0 unspecified atom stereocenters. The van der Waals surface area contributed by atoms with Gasteiger partial charge in [0.15, 0.2) is 0 Å². The largest absolute Gasteiger partial charge is 0.445 e. The monoisotopic (exact) mass is 401 g/mol.